The van der Waals surface area contributed by atoms with Crippen LogP contribution in [-0.2, 0) is 43.6 Å². The number of ether oxygens (including phenoxy) is 5. The number of rotatable bonds is 14. The van der Waals surface area contributed by atoms with Gasteiger partial charge < -0.3 is 37.0 Å². The quantitative estimate of drug-likeness (QED) is 0.172. The van der Waals surface area contributed by atoms with E-state index in [2.05, 4.69) is 147 Å². The summed E-state index contributed by atoms with van der Waals surface area (Å²) >= 11 is 0. The minimum atomic E-state index is -2.24. The lowest BCUT2D eigenvalue weighted by Crippen LogP contribution is -2.59. The zero-order chi connectivity index (χ0) is 42.0. The van der Waals surface area contributed by atoms with Gasteiger partial charge in [0.05, 0.1) is 54.9 Å². The van der Waals surface area contributed by atoms with E-state index < -0.39 is 41.9 Å². The van der Waals surface area contributed by atoms with Crippen LogP contribution in [0.4, 0.5) is 0 Å². The molecule has 11 heteroatoms. The third kappa shape index (κ3) is 10.0. The van der Waals surface area contributed by atoms with Crippen LogP contribution in [0.3, 0.4) is 0 Å². The van der Waals surface area contributed by atoms with Gasteiger partial charge in [-0.3, -0.25) is 0 Å². The van der Waals surface area contributed by atoms with Crippen molar-refractivity contribution in [3.63, 3.8) is 0 Å². The first-order valence-corrected chi connectivity index (χ1v) is 30.4. The lowest BCUT2D eigenvalue weighted by molar-refractivity contribution is -0.363. The molecule has 9 atom stereocenters. The van der Waals surface area contributed by atoms with Gasteiger partial charge in [0.15, 0.2) is 30.7 Å². The van der Waals surface area contributed by atoms with E-state index in [0.717, 1.165) is 32.1 Å². The summed E-state index contributed by atoms with van der Waals surface area (Å²) in [6.45, 7) is 43.1. The van der Waals surface area contributed by atoms with Crippen LogP contribution in [-0.4, -0.2) is 91.3 Å². The molecule has 4 saturated heterocycles. The van der Waals surface area contributed by atoms with E-state index in [4.69, 9.17) is 37.0 Å². The normalized spacial score (nSPS) is 35.3. The topological polar surface area (TPSA) is 73.8 Å². The average molecular weight is 835 g/mol. The summed E-state index contributed by atoms with van der Waals surface area (Å²) in [5.41, 5.74) is -0.245. The monoisotopic (exact) mass is 835 g/mol. The molecule has 0 unspecified atom stereocenters. The van der Waals surface area contributed by atoms with E-state index in [1.807, 2.05) is 6.07 Å². The van der Waals surface area contributed by atoms with Gasteiger partial charge >= 0.3 is 0 Å². The molecule has 0 amide bonds. The van der Waals surface area contributed by atoms with Crippen LogP contribution in [0.1, 0.15) is 127 Å². The molecule has 0 aromatic heterocycles. The zero-order valence-corrected chi connectivity index (χ0v) is 41.9. The van der Waals surface area contributed by atoms with Gasteiger partial charge in [-0.15, -0.1) is 0 Å². The van der Waals surface area contributed by atoms with Gasteiger partial charge in [0.2, 0.25) is 0 Å². The highest BCUT2D eigenvalue weighted by Crippen LogP contribution is 2.56. The minimum Gasteiger partial charge on any atom is -0.414 e. The smallest absolute Gasteiger partial charge is 0.195 e. The van der Waals surface area contributed by atoms with Crippen molar-refractivity contribution in [3.05, 3.63) is 35.9 Å². The second-order valence-corrected chi connectivity index (χ2v) is 37.6. The van der Waals surface area contributed by atoms with Crippen molar-refractivity contribution in [3.8, 4) is 0 Å². The molecule has 0 spiro atoms. The molecule has 0 N–H and O–H groups in total. The number of hydrogen-bond donors (Lipinski definition) is 0. The predicted molar refractivity (Wildman–Crippen MR) is 235 cm³/mol. The van der Waals surface area contributed by atoms with Crippen molar-refractivity contribution in [2.75, 3.05) is 13.2 Å². The molecule has 1 aromatic rings. The van der Waals surface area contributed by atoms with E-state index in [0.29, 0.717) is 26.2 Å². The maximum Gasteiger partial charge on any atom is 0.195 e. The first-order chi connectivity index (χ1) is 25.3. The van der Waals surface area contributed by atoms with Crippen molar-refractivity contribution in [1.29, 1.82) is 0 Å². The van der Waals surface area contributed by atoms with Gasteiger partial charge in [-0.25, -0.2) is 0 Å². The van der Waals surface area contributed by atoms with Crippen molar-refractivity contribution in [1.82, 2.24) is 0 Å². The molecule has 0 radical (unpaired) electrons. The Labute approximate surface area is 345 Å². The fraction of sp³-hybridized carbons (Fsp3) is 0.867. The van der Waals surface area contributed by atoms with Crippen LogP contribution in [0.2, 0.25) is 54.4 Å². The molecule has 2 bridgehead atoms. The highest BCUT2D eigenvalue weighted by atomic mass is 28.4. The first kappa shape index (κ1) is 46.6. The summed E-state index contributed by atoms with van der Waals surface area (Å²) in [4.78, 5) is 0. The van der Waals surface area contributed by atoms with Crippen molar-refractivity contribution >= 4 is 25.0 Å². The second kappa shape index (κ2) is 15.8. The molecule has 4 aliphatic heterocycles. The van der Waals surface area contributed by atoms with Gasteiger partial charge in [0.25, 0.3) is 0 Å². The van der Waals surface area contributed by atoms with Crippen molar-refractivity contribution < 1.29 is 37.0 Å². The molecule has 8 nitrogen and oxygen atoms in total. The van der Waals surface area contributed by atoms with Gasteiger partial charge in [-0.1, -0.05) is 92.6 Å². The van der Waals surface area contributed by atoms with Crippen molar-refractivity contribution in [2.45, 2.75) is 236 Å². The fourth-order valence-corrected chi connectivity index (χ4v) is 11.9. The fourth-order valence-electron chi connectivity index (χ4n) is 8.17. The predicted octanol–water partition coefficient (Wildman–Crippen LogP) is 11.5. The standard InChI is InChI=1S/C45H82O8Si3/c1-39(2,3)54(13,14)47-31-37(52-56(17,18)41(7,8)9)44(12)29-35(51-55(15,16)40(4,5)6)38(50-44)34-28-42(10)26-27-45(48-34,53-42)36-24-25-43(11,49-36)32-46-30-33-22-20-19-21-23-33/h19-23,34-38H,24-32H2,1-18H3/t34-,35-,36-,37+,38-,42+,43-,44-,45+/m1/s1. The average Bonchev–Trinajstić information content (AvgIpc) is 3.69. The Bertz CT molecular complexity index is 1480. The van der Waals surface area contributed by atoms with Crippen LogP contribution < -0.4 is 0 Å². The SMILES string of the molecule is CC(C)(C)[Si](C)(C)OC[C@H](O[Si](C)(C)C(C)(C)C)[C@@]1(C)C[C@@H](O[Si](C)(C)C(C)(C)C)[C@@H]([C@H]2C[C@]3(C)CC[C@]([C@H]4CC[C@](C)(COCc5ccccc5)O4)(O2)O3)O1. The summed E-state index contributed by atoms with van der Waals surface area (Å²) in [5.74, 6) is -0.846. The van der Waals surface area contributed by atoms with Gasteiger partial charge in [0.1, 0.15) is 12.2 Å². The molecule has 1 aromatic carbocycles. The number of hydrogen-bond acceptors (Lipinski definition) is 8. The highest BCUT2D eigenvalue weighted by Gasteiger charge is 2.65. The van der Waals surface area contributed by atoms with Gasteiger partial charge in [-0.05, 0) is 100.0 Å². The Hall–Kier alpha value is -0.449. The van der Waals surface area contributed by atoms with Crippen LogP contribution in [0.15, 0.2) is 30.3 Å². The number of fused-ring (bicyclic) bond motifs is 2. The molecule has 322 valence electrons. The van der Waals surface area contributed by atoms with Crippen LogP contribution in [0.5, 0.6) is 0 Å². The Kier molecular flexibility index (Phi) is 13.1. The largest absolute Gasteiger partial charge is 0.414 e. The van der Waals surface area contributed by atoms with Gasteiger partial charge in [-0.2, -0.15) is 0 Å². The van der Waals surface area contributed by atoms with Gasteiger partial charge in [0, 0.05) is 19.3 Å². The lowest BCUT2D eigenvalue weighted by atomic mass is 9.90. The van der Waals surface area contributed by atoms with Crippen LogP contribution in [0, 0.1) is 0 Å². The third-order valence-electron chi connectivity index (χ3n) is 15.1. The zero-order valence-electron chi connectivity index (χ0n) is 38.9. The summed E-state index contributed by atoms with van der Waals surface area (Å²) in [6, 6.07) is 10.3. The summed E-state index contributed by atoms with van der Waals surface area (Å²) in [7, 11) is -6.55. The molecular formula is C45H82O8Si3. The maximum atomic E-state index is 7.53. The Morgan fingerprint density at radius 1 is 0.732 bits per heavy atom. The summed E-state index contributed by atoms with van der Waals surface area (Å²) in [5, 5.41) is 0.139. The van der Waals surface area contributed by atoms with Crippen LogP contribution in [0.25, 0.3) is 0 Å². The Morgan fingerprint density at radius 3 is 1.93 bits per heavy atom. The lowest BCUT2D eigenvalue weighted by Gasteiger charge is -2.48. The highest BCUT2D eigenvalue weighted by molar-refractivity contribution is 6.75. The van der Waals surface area contributed by atoms with E-state index in [-0.39, 0.29) is 51.2 Å². The number of benzene rings is 1. The van der Waals surface area contributed by atoms with Crippen molar-refractivity contribution in [2.24, 2.45) is 0 Å². The molecule has 56 heavy (non-hydrogen) atoms. The molecule has 0 aliphatic carbocycles. The van der Waals surface area contributed by atoms with Crippen LogP contribution >= 0.6 is 0 Å². The Morgan fingerprint density at radius 2 is 1.34 bits per heavy atom. The summed E-state index contributed by atoms with van der Waals surface area (Å²) in [6.07, 6.45) is 3.76. The molecule has 4 heterocycles. The molecular weight excluding hydrogens is 753 g/mol. The first-order valence-electron chi connectivity index (χ1n) is 21.7. The maximum absolute atomic E-state index is 7.53. The van der Waals surface area contributed by atoms with E-state index >= 15 is 0 Å². The summed E-state index contributed by atoms with van der Waals surface area (Å²) < 4.78 is 56.9. The molecule has 5 rings (SSSR count). The Balaban J connectivity index is 1.44. The van der Waals surface area contributed by atoms with E-state index in [1.54, 1.807) is 0 Å². The second-order valence-electron chi connectivity index (χ2n) is 23.3. The molecule has 4 fully saturated rings. The molecule has 4 aliphatic rings. The minimum absolute atomic E-state index is 0.0278. The third-order valence-corrected chi connectivity index (χ3v) is 28.6. The van der Waals surface area contributed by atoms with E-state index in [1.165, 1.54) is 5.56 Å². The molecule has 0 saturated carbocycles. The van der Waals surface area contributed by atoms with E-state index in [9.17, 15) is 0 Å².